The van der Waals surface area contributed by atoms with Crippen LogP contribution in [-0.4, -0.2) is 22.6 Å². The van der Waals surface area contributed by atoms with Gasteiger partial charge < -0.3 is 4.42 Å². The first-order valence-corrected chi connectivity index (χ1v) is 5.67. The number of nitrogens with zero attached hydrogens (tertiary/aromatic N) is 3. The van der Waals surface area contributed by atoms with Crippen LogP contribution in [0.4, 0.5) is 6.01 Å². The lowest BCUT2D eigenvalue weighted by Crippen LogP contribution is -2.35. The molecule has 0 saturated heterocycles. The molecule has 0 radical (unpaired) electrons. The maximum atomic E-state index is 12.0. The zero-order chi connectivity index (χ0) is 12.1. The fourth-order valence-electron chi connectivity index (χ4n) is 1.32. The van der Waals surface area contributed by atoms with E-state index in [1.54, 1.807) is 11.8 Å². The van der Waals surface area contributed by atoms with Gasteiger partial charge in [0.05, 0.1) is 0 Å². The van der Waals surface area contributed by atoms with Crippen LogP contribution < -0.4 is 4.90 Å². The van der Waals surface area contributed by atoms with Crippen LogP contribution in [-0.2, 0) is 4.79 Å². The van der Waals surface area contributed by atoms with E-state index in [9.17, 15) is 4.79 Å². The maximum Gasteiger partial charge on any atom is 0.324 e. The highest BCUT2D eigenvalue weighted by molar-refractivity contribution is 5.92. The van der Waals surface area contributed by atoms with Gasteiger partial charge in [0.2, 0.25) is 11.8 Å². The van der Waals surface area contributed by atoms with Gasteiger partial charge in [0.15, 0.2) is 0 Å². The number of hydrogen-bond donors (Lipinski definition) is 0. The van der Waals surface area contributed by atoms with Crippen molar-refractivity contribution in [3.8, 4) is 0 Å². The number of unbranched alkanes of at least 4 members (excludes halogenated alkanes) is 1. The number of hydrogen-bond acceptors (Lipinski definition) is 4. The Hall–Kier alpha value is -1.39. The number of rotatable bonds is 5. The predicted octanol–water partition coefficient (Wildman–Crippen LogP) is 2.17. The Morgan fingerprint density at radius 1 is 1.44 bits per heavy atom. The first-order valence-electron chi connectivity index (χ1n) is 5.67. The molecule has 0 atom stereocenters. The fraction of sp³-hybridized carbons (Fsp3) is 0.727. The van der Waals surface area contributed by atoms with Crippen LogP contribution in [0.2, 0.25) is 0 Å². The van der Waals surface area contributed by atoms with E-state index in [-0.39, 0.29) is 11.8 Å². The first kappa shape index (κ1) is 12.7. The van der Waals surface area contributed by atoms with Crippen molar-refractivity contribution in [2.75, 3.05) is 11.4 Å². The van der Waals surface area contributed by atoms with Crippen LogP contribution in [0.25, 0.3) is 0 Å². The lowest BCUT2D eigenvalue weighted by atomic mass is 10.2. The van der Waals surface area contributed by atoms with E-state index in [1.165, 1.54) is 0 Å². The molecule has 0 aliphatic heterocycles. The Labute approximate surface area is 95.8 Å². The van der Waals surface area contributed by atoms with Gasteiger partial charge in [-0.25, -0.2) is 0 Å². The molecule has 0 aliphatic rings. The van der Waals surface area contributed by atoms with Gasteiger partial charge in [-0.1, -0.05) is 32.3 Å². The Bertz CT molecular complexity index is 347. The SMILES string of the molecule is CCCCN(C(=O)C(C)C)c1nnc(C)o1. The minimum atomic E-state index is -0.0657. The molecule has 0 aliphatic carbocycles. The second kappa shape index (κ2) is 5.63. The van der Waals surface area contributed by atoms with Gasteiger partial charge in [-0.2, -0.15) is 0 Å². The molecule has 16 heavy (non-hydrogen) atoms. The number of anilines is 1. The molecule has 1 aromatic heterocycles. The number of carbonyl (C=O) groups is 1. The molecule has 0 saturated carbocycles. The zero-order valence-corrected chi connectivity index (χ0v) is 10.4. The molecule has 1 heterocycles. The Morgan fingerprint density at radius 3 is 2.56 bits per heavy atom. The quantitative estimate of drug-likeness (QED) is 0.770. The van der Waals surface area contributed by atoms with Crippen molar-refractivity contribution in [1.82, 2.24) is 10.2 Å². The molecule has 0 spiro atoms. The summed E-state index contributed by atoms with van der Waals surface area (Å²) in [5, 5.41) is 7.64. The summed E-state index contributed by atoms with van der Waals surface area (Å²) in [6.45, 7) is 8.16. The van der Waals surface area contributed by atoms with Crippen LogP contribution in [0.1, 0.15) is 39.5 Å². The van der Waals surface area contributed by atoms with Gasteiger partial charge >= 0.3 is 6.01 Å². The van der Waals surface area contributed by atoms with E-state index in [4.69, 9.17) is 4.42 Å². The molecule has 5 heteroatoms. The molecule has 5 nitrogen and oxygen atoms in total. The van der Waals surface area contributed by atoms with Crippen LogP contribution in [0.3, 0.4) is 0 Å². The van der Waals surface area contributed by atoms with E-state index < -0.39 is 0 Å². The normalized spacial score (nSPS) is 10.8. The summed E-state index contributed by atoms with van der Waals surface area (Å²) in [4.78, 5) is 13.5. The van der Waals surface area contributed by atoms with Crippen molar-refractivity contribution < 1.29 is 9.21 Å². The summed E-state index contributed by atoms with van der Waals surface area (Å²) in [6.07, 6.45) is 1.95. The fourth-order valence-corrected chi connectivity index (χ4v) is 1.32. The maximum absolute atomic E-state index is 12.0. The summed E-state index contributed by atoms with van der Waals surface area (Å²) in [5.41, 5.74) is 0. The van der Waals surface area contributed by atoms with Crippen molar-refractivity contribution >= 4 is 11.9 Å². The zero-order valence-electron chi connectivity index (χ0n) is 10.4. The predicted molar refractivity (Wildman–Crippen MR) is 61.1 cm³/mol. The molecule has 1 aromatic rings. The van der Waals surface area contributed by atoms with Crippen molar-refractivity contribution in [2.24, 2.45) is 5.92 Å². The summed E-state index contributed by atoms with van der Waals surface area (Å²) in [7, 11) is 0. The van der Waals surface area contributed by atoms with Crippen LogP contribution in [0.5, 0.6) is 0 Å². The van der Waals surface area contributed by atoms with Gasteiger partial charge in [0.25, 0.3) is 0 Å². The molecule has 0 aromatic carbocycles. The Kier molecular flexibility index (Phi) is 4.46. The number of aryl methyl sites for hydroxylation is 1. The molecular formula is C11H19N3O2. The van der Waals surface area contributed by atoms with Gasteiger partial charge in [0.1, 0.15) is 0 Å². The van der Waals surface area contributed by atoms with Crippen molar-refractivity contribution in [2.45, 2.75) is 40.5 Å². The highest BCUT2D eigenvalue weighted by Gasteiger charge is 2.22. The minimum Gasteiger partial charge on any atom is -0.408 e. The van der Waals surface area contributed by atoms with Gasteiger partial charge in [-0.15, -0.1) is 5.10 Å². The third-order valence-corrected chi connectivity index (χ3v) is 2.24. The van der Waals surface area contributed by atoms with Gasteiger partial charge in [0, 0.05) is 19.4 Å². The van der Waals surface area contributed by atoms with Gasteiger partial charge in [-0.05, 0) is 6.42 Å². The molecule has 90 valence electrons. The lowest BCUT2D eigenvalue weighted by molar-refractivity contribution is -0.121. The van der Waals surface area contributed by atoms with E-state index in [2.05, 4.69) is 17.1 Å². The number of carbonyl (C=O) groups excluding carboxylic acids is 1. The summed E-state index contributed by atoms with van der Waals surface area (Å²) >= 11 is 0. The average Bonchev–Trinajstić information content (AvgIpc) is 2.65. The monoisotopic (exact) mass is 225 g/mol. The van der Waals surface area contributed by atoms with Crippen molar-refractivity contribution in [3.63, 3.8) is 0 Å². The first-order chi connectivity index (χ1) is 7.56. The van der Waals surface area contributed by atoms with Gasteiger partial charge in [-0.3, -0.25) is 9.69 Å². The molecule has 1 rings (SSSR count). The highest BCUT2D eigenvalue weighted by Crippen LogP contribution is 2.15. The van der Waals surface area contributed by atoms with Crippen LogP contribution >= 0.6 is 0 Å². The van der Waals surface area contributed by atoms with Crippen molar-refractivity contribution in [1.29, 1.82) is 0 Å². The number of amides is 1. The summed E-state index contributed by atoms with van der Waals surface area (Å²) in [6, 6.07) is 0.310. The minimum absolute atomic E-state index is 0.0251. The molecule has 1 amide bonds. The highest BCUT2D eigenvalue weighted by atomic mass is 16.4. The third kappa shape index (κ3) is 3.05. The molecule has 0 N–H and O–H groups in total. The summed E-state index contributed by atoms with van der Waals surface area (Å²) in [5.74, 6) is 0.439. The van der Waals surface area contributed by atoms with Crippen molar-refractivity contribution in [3.05, 3.63) is 5.89 Å². The Morgan fingerprint density at radius 2 is 2.12 bits per heavy atom. The average molecular weight is 225 g/mol. The number of aromatic nitrogens is 2. The molecule has 0 fully saturated rings. The van der Waals surface area contributed by atoms with Crippen LogP contribution in [0.15, 0.2) is 4.42 Å². The molecule has 0 unspecified atom stereocenters. The standard InChI is InChI=1S/C11H19N3O2/c1-5-6-7-14(10(15)8(2)3)11-13-12-9(4)16-11/h8H,5-7H2,1-4H3. The lowest BCUT2D eigenvalue weighted by Gasteiger charge is -2.19. The largest absolute Gasteiger partial charge is 0.408 e. The third-order valence-electron chi connectivity index (χ3n) is 2.24. The Balaban J connectivity index is 2.82. The topological polar surface area (TPSA) is 59.2 Å². The van der Waals surface area contributed by atoms with E-state index >= 15 is 0 Å². The second-order valence-corrected chi connectivity index (χ2v) is 4.10. The smallest absolute Gasteiger partial charge is 0.324 e. The van der Waals surface area contributed by atoms with E-state index in [0.717, 1.165) is 12.8 Å². The summed E-state index contributed by atoms with van der Waals surface area (Å²) < 4.78 is 5.30. The molecular weight excluding hydrogens is 206 g/mol. The van der Waals surface area contributed by atoms with E-state index in [0.29, 0.717) is 18.5 Å². The molecule has 0 bridgehead atoms. The van der Waals surface area contributed by atoms with Crippen LogP contribution in [0, 0.1) is 12.8 Å². The second-order valence-electron chi connectivity index (χ2n) is 4.10. The van der Waals surface area contributed by atoms with E-state index in [1.807, 2.05) is 13.8 Å².